The summed E-state index contributed by atoms with van der Waals surface area (Å²) in [5.74, 6) is 1.30. The molecule has 2 rings (SSSR count). The molecule has 1 aromatic rings. The summed E-state index contributed by atoms with van der Waals surface area (Å²) in [4.78, 5) is 0. The van der Waals surface area contributed by atoms with E-state index in [1.807, 2.05) is 14.0 Å². The molecule has 0 spiro atoms. The summed E-state index contributed by atoms with van der Waals surface area (Å²) in [6.45, 7) is 2.79. The first-order valence-electron chi connectivity index (χ1n) is 6.48. The molecule has 1 aliphatic heterocycles. The van der Waals surface area contributed by atoms with E-state index in [9.17, 15) is 8.42 Å². The number of ether oxygens (including phenoxy) is 1. The van der Waals surface area contributed by atoms with E-state index in [0.29, 0.717) is 12.2 Å². The van der Waals surface area contributed by atoms with Crippen LogP contribution in [0.2, 0.25) is 0 Å². The molecule has 2 heterocycles. The molecule has 0 aliphatic carbocycles. The summed E-state index contributed by atoms with van der Waals surface area (Å²) < 4.78 is 30.4. The molecule has 0 amide bonds. The van der Waals surface area contributed by atoms with Crippen LogP contribution in [0.25, 0.3) is 0 Å². The van der Waals surface area contributed by atoms with Crippen molar-refractivity contribution in [3.63, 3.8) is 0 Å². The molecule has 2 unspecified atom stereocenters. The molecule has 108 valence electrons. The highest BCUT2D eigenvalue weighted by Gasteiger charge is 2.36. The van der Waals surface area contributed by atoms with Crippen LogP contribution in [0.15, 0.2) is 6.20 Å². The van der Waals surface area contributed by atoms with Gasteiger partial charge in [0.1, 0.15) is 0 Å². The van der Waals surface area contributed by atoms with Gasteiger partial charge in [-0.15, -0.1) is 0 Å². The molecular formula is C12H21N3O3S. The van der Waals surface area contributed by atoms with Crippen molar-refractivity contribution in [2.24, 2.45) is 13.0 Å². The molecule has 1 aromatic heterocycles. The Morgan fingerprint density at radius 2 is 2.37 bits per heavy atom. The quantitative estimate of drug-likeness (QED) is 0.854. The molecule has 1 fully saturated rings. The molecule has 1 N–H and O–H groups in total. The van der Waals surface area contributed by atoms with E-state index in [1.165, 1.54) is 0 Å². The first kappa shape index (κ1) is 14.3. The van der Waals surface area contributed by atoms with Crippen LogP contribution in [-0.4, -0.2) is 43.4 Å². The van der Waals surface area contributed by atoms with Crippen molar-refractivity contribution in [1.82, 2.24) is 15.1 Å². The Balaban J connectivity index is 2.32. The summed E-state index contributed by atoms with van der Waals surface area (Å²) >= 11 is 0. The largest absolute Gasteiger partial charge is 0.493 e. The van der Waals surface area contributed by atoms with Gasteiger partial charge in [-0.1, -0.05) is 6.92 Å². The summed E-state index contributed by atoms with van der Waals surface area (Å²) in [6, 6.07) is -0.0373. The van der Waals surface area contributed by atoms with E-state index in [4.69, 9.17) is 4.74 Å². The Labute approximate surface area is 114 Å². The Morgan fingerprint density at radius 3 is 2.89 bits per heavy atom. The van der Waals surface area contributed by atoms with Crippen molar-refractivity contribution in [1.29, 1.82) is 0 Å². The molecule has 0 saturated carbocycles. The SMILES string of the molecule is CCNC(c1c(OC)cnn1C)C1CCS(=O)(=O)C1. The van der Waals surface area contributed by atoms with Gasteiger partial charge in [0.2, 0.25) is 0 Å². The van der Waals surface area contributed by atoms with Gasteiger partial charge in [0, 0.05) is 7.05 Å². The average Bonchev–Trinajstić information content (AvgIpc) is 2.89. The molecule has 2 atom stereocenters. The van der Waals surface area contributed by atoms with E-state index in [0.717, 1.165) is 12.2 Å². The van der Waals surface area contributed by atoms with E-state index in [-0.39, 0.29) is 23.5 Å². The number of sulfone groups is 1. The molecule has 7 heteroatoms. The minimum Gasteiger partial charge on any atom is -0.493 e. The number of nitrogens with zero attached hydrogens (tertiary/aromatic N) is 2. The van der Waals surface area contributed by atoms with Gasteiger partial charge in [0.15, 0.2) is 15.6 Å². The summed E-state index contributed by atoms with van der Waals surface area (Å²) in [7, 11) is 0.566. The van der Waals surface area contributed by atoms with Crippen LogP contribution in [0, 0.1) is 5.92 Å². The lowest BCUT2D eigenvalue weighted by atomic mass is 9.95. The molecule has 1 saturated heterocycles. The minimum atomic E-state index is -2.89. The zero-order valence-corrected chi connectivity index (χ0v) is 12.4. The Morgan fingerprint density at radius 1 is 1.63 bits per heavy atom. The molecule has 0 radical (unpaired) electrons. The lowest BCUT2D eigenvalue weighted by Crippen LogP contribution is -2.31. The van der Waals surface area contributed by atoms with Gasteiger partial charge in [-0.3, -0.25) is 4.68 Å². The van der Waals surface area contributed by atoms with Crippen LogP contribution in [0.1, 0.15) is 25.1 Å². The molecule has 0 aromatic carbocycles. The predicted octanol–water partition coefficient (Wildman–Crippen LogP) is 0.514. The van der Waals surface area contributed by atoms with Crippen LogP contribution >= 0.6 is 0 Å². The monoisotopic (exact) mass is 287 g/mol. The number of methoxy groups -OCH3 is 1. The second-order valence-electron chi connectivity index (χ2n) is 4.92. The van der Waals surface area contributed by atoms with E-state index in [2.05, 4.69) is 10.4 Å². The Hall–Kier alpha value is -1.08. The van der Waals surface area contributed by atoms with Gasteiger partial charge in [0.25, 0.3) is 0 Å². The highest BCUT2D eigenvalue weighted by Crippen LogP contribution is 2.35. The fourth-order valence-electron chi connectivity index (χ4n) is 2.73. The Kier molecular flexibility index (Phi) is 4.15. The average molecular weight is 287 g/mol. The van der Waals surface area contributed by atoms with Gasteiger partial charge in [-0.05, 0) is 18.9 Å². The van der Waals surface area contributed by atoms with Gasteiger partial charge >= 0.3 is 0 Å². The van der Waals surface area contributed by atoms with Gasteiger partial charge in [-0.25, -0.2) is 8.42 Å². The predicted molar refractivity (Wildman–Crippen MR) is 72.9 cm³/mol. The van der Waals surface area contributed by atoms with Crippen molar-refractivity contribution in [2.75, 3.05) is 25.2 Å². The second-order valence-corrected chi connectivity index (χ2v) is 7.15. The fraction of sp³-hybridized carbons (Fsp3) is 0.750. The van der Waals surface area contributed by atoms with Crippen LogP contribution in [-0.2, 0) is 16.9 Å². The van der Waals surface area contributed by atoms with Gasteiger partial charge in [0.05, 0.1) is 36.5 Å². The van der Waals surface area contributed by atoms with Crippen molar-refractivity contribution >= 4 is 9.84 Å². The maximum absolute atomic E-state index is 11.7. The van der Waals surface area contributed by atoms with Crippen LogP contribution < -0.4 is 10.1 Å². The number of hydrogen-bond donors (Lipinski definition) is 1. The number of nitrogens with one attached hydrogen (secondary N) is 1. The molecule has 1 aliphatic rings. The first-order chi connectivity index (χ1) is 8.98. The normalized spacial score (nSPS) is 23.4. The lowest BCUT2D eigenvalue weighted by molar-refractivity contribution is 0.351. The van der Waals surface area contributed by atoms with Gasteiger partial charge < -0.3 is 10.1 Å². The van der Waals surface area contributed by atoms with Crippen molar-refractivity contribution in [2.45, 2.75) is 19.4 Å². The maximum Gasteiger partial charge on any atom is 0.161 e. The van der Waals surface area contributed by atoms with Crippen molar-refractivity contribution < 1.29 is 13.2 Å². The van der Waals surface area contributed by atoms with Crippen LogP contribution in [0.4, 0.5) is 0 Å². The number of aromatic nitrogens is 2. The second kappa shape index (κ2) is 5.50. The van der Waals surface area contributed by atoms with Crippen molar-refractivity contribution in [3.05, 3.63) is 11.9 Å². The lowest BCUT2D eigenvalue weighted by Gasteiger charge is -2.24. The molecule has 19 heavy (non-hydrogen) atoms. The van der Waals surface area contributed by atoms with E-state index < -0.39 is 9.84 Å². The summed E-state index contributed by atoms with van der Waals surface area (Å²) in [6.07, 6.45) is 2.36. The smallest absolute Gasteiger partial charge is 0.161 e. The molecule has 0 bridgehead atoms. The fourth-order valence-corrected chi connectivity index (χ4v) is 4.57. The third-order valence-corrected chi connectivity index (χ3v) is 5.42. The van der Waals surface area contributed by atoms with Crippen molar-refractivity contribution in [3.8, 4) is 5.75 Å². The zero-order valence-electron chi connectivity index (χ0n) is 11.6. The van der Waals surface area contributed by atoms with Crippen LogP contribution in [0.5, 0.6) is 5.75 Å². The third-order valence-electron chi connectivity index (χ3n) is 3.63. The Bertz CT molecular complexity index is 538. The minimum absolute atomic E-state index is 0.0373. The third kappa shape index (κ3) is 2.92. The number of rotatable bonds is 5. The molecule has 6 nitrogen and oxygen atoms in total. The van der Waals surface area contributed by atoms with E-state index in [1.54, 1.807) is 18.0 Å². The van der Waals surface area contributed by atoms with Crippen LogP contribution in [0.3, 0.4) is 0 Å². The van der Waals surface area contributed by atoms with E-state index >= 15 is 0 Å². The standard InChI is InChI=1S/C12H21N3O3S/c1-4-13-11(9-5-6-19(16,17)8-9)12-10(18-3)7-14-15(12)2/h7,9,11,13H,4-6,8H2,1-3H3. The maximum atomic E-state index is 11.7. The summed E-state index contributed by atoms with van der Waals surface area (Å²) in [5, 5.41) is 7.58. The summed E-state index contributed by atoms with van der Waals surface area (Å²) in [5.41, 5.74) is 0.923. The highest BCUT2D eigenvalue weighted by molar-refractivity contribution is 7.91. The molecular weight excluding hydrogens is 266 g/mol. The first-order valence-corrected chi connectivity index (χ1v) is 8.30. The topological polar surface area (TPSA) is 73.2 Å². The zero-order chi connectivity index (χ0) is 14.0. The highest BCUT2D eigenvalue weighted by atomic mass is 32.2. The number of aryl methyl sites for hydroxylation is 1. The number of hydrogen-bond acceptors (Lipinski definition) is 5. The van der Waals surface area contributed by atoms with Gasteiger partial charge in [-0.2, -0.15) is 5.10 Å².